The van der Waals surface area contributed by atoms with Crippen molar-refractivity contribution in [3.8, 4) is 0 Å². The summed E-state index contributed by atoms with van der Waals surface area (Å²) < 4.78 is 1.13. The number of halogens is 1. The molecule has 0 amide bonds. The second-order valence-corrected chi connectivity index (χ2v) is 4.44. The van der Waals surface area contributed by atoms with E-state index in [4.69, 9.17) is 0 Å². The minimum atomic E-state index is 0.365. The lowest BCUT2D eigenvalue weighted by Gasteiger charge is -2.16. The Hall–Kier alpha value is -0.600. The zero-order valence-electron chi connectivity index (χ0n) is 8.68. The lowest BCUT2D eigenvalue weighted by atomic mass is 10.0. The van der Waals surface area contributed by atoms with Crippen LogP contribution >= 0.6 is 15.9 Å². The van der Waals surface area contributed by atoms with E-state index in [1.807, 2.05) is 13.1 Å². The van der Waals surface area contributed by atoms with Crippen molar-refractivity contribution in [3.05, 3.63) is 46.5 Å². The molecule has 0 aliphatic rings. The minimum absolute atomic E-state index is 0.365. The molecule has 1 nitrogen and oxygen atoms in total. The summed E-state index contributed by atoms with van der Waals surface area (Å²) in [5, 5.41) is 3.25. The van der Waals surface area contributed by atoms with E-state index in [2.05, 4.69) is 52.9 Å². The molecule has 1 unspecified atom stereocenters. The van der Waals surface area contributed by atoms with Gasteiger partial charge in [-0.3, -0.25) is 0 Å². The zero-order chi connectivity index (χ0) is 10.6. The largest absolute Gasteiger partial charge is 0.313 e. The van der Waals surface area contributed by atoms with E-state index in [9.17, 15) is 0 Å². The number of likely N-dealkylation sites (N-methyl/N-ethyl adjacent to an activating group) is 1. The Morgan fingerprint density at radius 2 is 2.29 bits per heavy atom. The van der Waals surface area contributed by atoms with Crippen molar-refractivity contribution in [2.75, 3.05) is 7.05 Å². The van der Waals surface area contributed by atoms with E-state index >= 15 is 0 Å². The Labute approximate surface area is 94.3 Å². The molecular weight excluding hydrogens is 238 g/mol. The van der Waals surface area contributed by atoms with Crippen molar-refractivity contribution in [1.82, 2.24) is 5.32 Å². The predicted molar refractivity (Wildman–Crippen MR) is 65.5 cm³/mol. The molecule has 0 spiro atoms. The van der Waals surface area contributed by atoms with Gasteiger partial charge in [0.25, 0.3) is 0 Å². The van der Waals surface area contributed by atoms with Crippen molar-refractivity contribution in [2.24, 2.45) is 0 Å². The number of hydrogen-bond donors (Lipinski definition) is 1. The molecule has 76 valence electrons. The number of hydrogen-bond acceptors (Lipinski definition) is 1. The lowest BCUT2D eigenvalue weighted by Crippen LogP contribution is -2.28. The standard InChI is InChI=1S/C12H16BrN/c1-9(2)12(14-3)8-10-5-4-6-11(13)7-10/h4-7,12,14H,1,8H2,2-3H3. The van der Waals surface area contributed by atoms with Crippen LogP contribution in [0.25, 0.3) is 0 Å². The first kappa shape index (κ1) is 11.5. The smallest absolute Gasteiger partial charge is 0.0311 e. The molecule has 0 aliphatic carbocycles. The summed E-state index contributed by atoms with van der Waals surface area (Å²) in [4.78, 5) is 0. The molecule has 1 atom stereocenters. The summed E-state index contributed by atoms with van der Waals surface area (Å²) >= 11 is 3.47. The van der Waals surface area contributed by atoms with Crippen molar-refractivity contribution in [2.45, 2.75) is 19.4 Å². The highest BCUT2D eigenvalue weighted by atomic mass is 79.9. The van der Waals surface area contributed by atoms with Gasteiger partial charge in [-0.2, -0.15) is 0 Å². The van der Waals surface area contributed by atoms with Gasteiger partial charge < -0.3 is 5.32 Å². The van der Waals surface area contributed by atoms with Crippen LogP contribution in [0, 0.1) is 0 Å². The maximum Gasteiger partial charge on any atom is 0.0311 e. The lowest BCUT2D eigenvalue weighted by molar-refractivity contribution is 0.634. The van der Waals surface area contributed by atoms with Gasteiger partial charge in [0.1, 0.15) is 0 Å². The van der Waals surface area contributed by atoms with Crippen molar-refractivity contribution in [1.29, 1.82) is 0 Å². The summed E-state index contributed by atoms with van der Waals surface area (Å²) in [5.41, 5.74) is 2.49. The van der Waals surface area contributed by atoms with Crippen molar-refractivity contribution < 1.29 is 0 Å². The summed E-state index contributed by atoms with van der Waals surface area (Å²) in [5.74, 6) is 0. The number of nitrogens with one attached hydrogen (secondary N) is 1. The Morgan fingerprint density at radius 1 is 1.57 bits per heavy atom. The summed E-state index contributed by atoms with van der Waals surface area (Å²) in [7, 11) is 1.97. The summed E-state index contributed by atoms with van der Waals surface area (Å²) in [6.07, 6.45) is 0.991. The Balaban J connectivity index is 2.72. The maximum atomic E-state index is 3.97. The first-order chi connectivity index (χ1) is 6.63. The summed E-state index contributed by atoms with van der Waals surface area (Å²) in [6.45, 7) is 6.03. The normalized spacial score (nSPS) is 12.5. The minimum Gasteiger partial charge on any atom is -0.313 e. The highest BCUT2D eigenvalue weighted by molar-refractivity contribution is 9.10. The average molecular weight is 254 g/mol. The van der Waals surface area contributed by atoms with Gasteiger partial charge in [-0.25, -0.2) is 0 Å². The first-order valence-electron chi connectivity index (χ1n) is 4.70. The Morgan fingerprint density at radius 3 is 2.79 bits per heavy atom. The highest BCUT2D eigenvalue weighted by Crippen LogP contribution is 2.14. The molecule has 0 saturated carbocycles. The van der Waals surface area contributed by atoms with Crippen LogP contribution in [-0.4, -0.2) is 13.1 Å². The molecule has 0 fully saturated rings. The molecule has 0 radical (unpaired) electrons. The van der Waals surface area contributed by atoms with Crippen LogP contribution in [0.1, 0.15) is 12.5 Å². The van der Waals surface area contributed by atoms with E-state index in [0.29, 0.717) is 6.04 Å². The van der Waals surface area contributed by atoms with Crippen LogP contribution in [0.3, 0.4) is 0 Å². The van der Waals surface area contributed by atoms with Gasteiger partial charge in [-0.05, 0) is 38.1 Å². The van der Waals surface area contributed by atoms with Gasteiger partial charge in [-0.15, -0.1) is 0 Å². The molecule has 14 heavy (non-hydrogen) atoms. The van der Waals surface area contributed by atoms with E-state index in [1.165, 1.54) is 11.1 Å². The highest BCUT2D eigenvalue weighted by Gasteiger charge is 2.07. The van der Waals surface area contributed by atoms with E-state index in [-0.39, 0.29) is 0 Å². The molecule has 0 aliphatic heterocycles. The van der Waals surface area contributed by atoms with E-state index < -0.39 is 0 Å². The fourth-order valence-electron chi connectivity index (χ4n) is 1.42. The molecule has 0 heterocycles. The molecule has 0 saturated heterocycles. The zero-order valence-corrected chi connectivity index (χ0v) is 10.3. The quantitative estimate of drug-likeness (QED) is 0.814. The second-order valence-electron chi connectivity index (χ2n) is 3.52. The Bertz CT molecular complexity index is 320. The third-order valence-corrected chi connectivity index (χ3v) is 2.77. The average Bonchev–Trinajstić information content (AvgIpc) is 2.14. The van der Waals surface area contributed by atoms with Crippen LogP contribution in [0.4, 0.5) is 0 Å². The van der Waals surface area contributed by atoms with Crippen LogP contribution in [0.2, 0.25) is 0 Å². The fraction of sp³-hybridized carbons (Fsp3) is 0.333. The third-order valence-electron chi connectivity index (χ3n) is 2.27. The van der Waals surface area contributed by atoms with Crippen molar-refractivity contribution >= 4 is 15.9 Å². The fourth-order valence-corrected chi connectivity index (χ4v) is 1.87. The predicted octanol–water partition coefficient (Wildman–Crippen LogP) is 3.16. The van der Waals surface area contributed by atoms with Gasteiger partial charge in [0.2, 0.25) is 0 Å². The molecule has 0 bridgehead atoms. The van der Waals surface area contributed by atoms with Crippen LogP contribution in [0.5, 0.6) is 0 Å². The first-order valence-corrected chi connectivity index (χ1v) is 5.50. The van der Waals surface area contributed by atoms with Crippen LogP contribution in [0.15, 0.2) is 40.9 Å². The van der Waals surface area contributed by atoms with E-state index in [0.717, 1.165) is 10.9 Å². The molecule has 0 aromatic heterocycles. The molecule has 1 N–H and O–H groups in total. The van der Waals surface area contributed by atoms with Gasteiger partial charge >= 0.3 is 0 Å². The van der Waals surface area contributed by atoms with Gasteiger partial charge in [0, 0.05) is 10.5 Å². The van der Waals surface area contributed by atoms with Crippen molar-refractivity contribution in [3.63, 3.8) is 0 Å². The topological polar surface area (TPSA) is 12.0 Å². The molecule has 1 aromatic rings. The molecule has 1 aromatic carbocycles. The van der Waals surface area contributed by atoms with Gasteiger partial charge in [-0.1, -0.05) is 40.2 Å². The maximum absolute atomic E-state index is 3.97. The third kappa shape index (κ3) is 3.28. The van der Waals surface area contributed by atoms with Crippen LogP contribution < -0.4 is 5.32 Å². The molecule has 1 rings (SSSR count). The SMILES string of the molecule is C=C(C)C(Cc1cccc(Br)c1)NC. The van der Waals surface area contributed by atoms with Gasteiger partial charge in [0.15, 0.2) is 0 Å². The van der Waals surface area contributed by atoms with E-state index in [1.54, 1.807) is 0 Å². The Kier molecular flexibility index (Phi) is 4.36. The molecule has 2 heteroatoms. The second kappa shape index (κ2) is 5.32. The van der Waals surface area contributed by atoms with Crippen LogP contribution in [-0.2, 0) is 6.42 Å². The number of benzene rings is 1. The summed E-state index contributed by atoms with van der Waals surface area (Å²) in [6, 6.07) is 8.75. The molecular formula is C12H16BrN. The van der Waals surface area contributed by atoms with Gasteiger partial charge in [0.05, 0.1) is 0 Å². The monoisotopic (exact) mass is 253 g/mol. The number of rotatable bonds is 4.